The molecule has 0 unspecified atom stereocenters. The molecule has 2 aromatic rings. The van der Waals surface area contributed by atoms with Gasteiger partial charge >= 0.3 is 6.01 Å². The number of rotatable bonds is 3. The molecule has 0 saturated carbocycles. The zero-order valence-corrected chi connectivity index (χ0v) is 17.3. The van der Waals surface area contributed by atoms with E-state index in [1.54, 1.807) is 0 Å². The van der Waals surface area contributed by atoms with Gasteiger partial charge in [-0.25, -0.2) is 4.39 Å². The van der Waals surface area contributed by atoms with Gasteiger partial charge in [0.05, 0.1) is 17.7 Å². The zero-order valence-electron chi connectivity index (χ0n) is 15.7. The Kier molecular flexibility index (Phi) is 5.48. The van der Waals surface area contributed by atoms with Crippen molar-refractivity contribution in [2.24, 2.45) is 0 Å². The minimum Gasteiger partial charge on any atom is -0.460 e. The molecule has 0 radical (unpaired) electrons. The van der Waals surface area contributed by atoms with Crippen LogP contribution in [0.15, 0.2) is 10.5 Å². The van der Waals surface area contributed by atoms with Crippen LogP contribution >= 0.6 is 15.9 Å². The topological polar surface area (TPSA) is 50.7 Å². The maximum absolute atomic E-state index is 15.0. The van der Waals surface area contributed by atoms with Crippen LogP contribution in [0.3, 0.4) is 0 Å². The molecule has 2 fully saturated rings. The number of aryl methyl sites for hydroxylation is 1. The van der Waals surface area contributed by atoms with Crippen molar-refractivity contribution in [1.29, 1.82) is 0 Å². The largest absolute Gasteiger partial charge is 0.460 e. The number of anilines is 1. The van der Waals surface area contributed by atoms with Gasteiger partial charge in [-0.3, -0.25) is 0 Å². The molecule has 0 atom stereocenters. The number of hydrogen-bond acceptors (Lipinski definition) is 6. The highest BCUT2D eigenvalue weighted by Crippen LogP contribution is 2.34. The van der Waals surface area contributed by atoms with Crippen LogP contribution in [0.2, 0.25) is 0 Å². The minimum atomic E-state index is -0.361. The van der Waals surface area contributed by atoms with E-state index in [2.05, 4.69) is 37.8 Å². The third-order valence-corrected chi connectivity index (χ3v) is 6.23. The Hall–Kier alpha value is -1.51. The number of fused-ring (bicyclic) bond motifs is 1. The Morgan fingerprint density at radius 1 is 1.19 bits per heavy atom. The van der Waals surface area contributed by atoms with E-state index in [1.165, 1.54) is 0 Å². The molecule has 8 heteroatoms. The maximum atomic E-state index is 15.0. The van der Waals surface area contributed by atoms with Crippen molar-refractivity contribution in [3.63, 3.8) is 0 Å². The van der Waals surface area contributed by atoms with Gasteiger partial charge in [-0.05, 0) is 41.5 Å². The summed E-state index contributed by atoms with van der Waals surface area (Å²) in [4.78, 5) is 13.6. The van der Waals surface area contributed by atoms with Crippen LogP contribution in [-0.2, 0) is 4.74 Å². The van der Waals surface area contributed by atoms with Crippen LogP contribution < -0.4 is 9.64 Å². The Labute approximate surface area is 166 Å². The van der Waals surface area contributed by atoms with Gasteiger partial charge in [0, 0.05) is 44.4 Å². The van der Waals surface area contributed by atoms with Crippen molar-refractivity contribution in [3.8, 4) is 6.01 Å². The summed E-state index contributed by atoms with van der Waals surface area (Å²) in [5, 5.41) is 0.733. The van der Waals surface area contributed by atoms with Crippen LogP contribution in [0.25, 0.3) is 10.9 Å². The molecular weight excluding hydrogens is 415 g/mol. The summed E-state index contributed by atoms with van der Waals surface area (Å²) in [6, 6.07) is 2.20. The Balaban J connectivity index is 1.77. The normalized spacial score (nSPS) is 19.6. The summed E-state index contributed by atoms with van der Waals surface area (Å²) in [5.74, 6) is 0.393. The van der Waals surface area contributed by atoms with Crippen molar-refractivity contribution in [2.75, 3.05) is 51.3 Å². The third-order valence-electron chi connectivity index (χ3n) is 5.26. The lowest BCUT2D eigenvalue weighted by Gasteiger charge is -2.34. The minimum absolute atomic E-state index is 0.00786. The summed E-state index contributed by atoms with van der Waals surface area (Å²) in [7, 11) is 2.11. The first-order valence-electron chi connectivity index (χ1n) is 9.37. The van der Waals surface area contributed by atoms with E-state index in [4.69, 9.17) is 14.5 Å². The van der Waals surface area contributed by atoms with Gasteiger partial charge in [0.1, 0.15) is 17.4 Å². The van der Waals surface area contributed by atoms with E-state index < -0.39 is 0 Å². The molecule has 0 amide bonds. The van der Waals surface area contributed by atoms with Crippen LogP contribution in [0.4, 0.5) is 10.2 Å². The number of benzene rings is 1. The predicted octanol–water partition coefficient (Wildman–Crippen LogP) is 3.15. The molecule has 1 aromatic heterocycles. The van der Waals surface area contributed by atoms with Crippen LogP contribution in [0.5, 0.6) is 6.01 Å². The highest BCUT2D eigenvalue weighted by atomic mass is 79.9. The quantitative estimate of drug-likeness (QED) is 0.733. The summed E-state index contributed by atoms with van der Waals surface area (Å²) >= 11 is 3.34. The fraction of sp³-hybridized carbons (Fsp3) is 0.579. The summed E-state index contributed by atoms with van der Waals surface area (Å²) in [5.41, 5.74) is 1.13. The first kappa shape index (κ1) is 18.8. The van der Waals surface area contributed by atoms with Gasteiger partial charge in [-0.2, -0.15) is 9.97 Å². The number of ether oxygens (including phenoxy) is 2. The van der Waals surface area contributed by atoms with Gasteiger partial charge in [-0.15, -0.1) is 0 Å². The number of piperazine rings is 1. The van der Waals surface area contributed by atoms with Crippen molar-refractivity contribution in [3.05, 3.63) is 21.9 Å². The van der Waals surface area contributed by atoms with Crippen LogP contribution in [-0.4, -0.2) is 67.4 Å². The predicted molar refractivity (Wildman–Crippen MR) is 106 cm³/mol. The maximum Gasteiger partial charge on any atom is 0.319 e. The van der Waals surface area contributed by atoms with E-state index >= 15 is 0 Å². The van der Waals surface area contributed by atoms with Gasteiger partial charge in [0.15, 0.2) is 5.82 Å². The first-order chi connectivity index (χ1) is 13.0. The lowest BCUT2D eigenvalue weighted by molar-refractivity contribution is 0.0219. The van der Waals surface area contributed by atoms with Gasteiger partial charge in [0.2, 0.25) is 0 Å². The number of aromatic nitrogens is 2. The molecule has 1 aromatic carbocycles. The number of hydrogen-bond donors (Lipinski definition) is 0. The van der Waals surface area contributed by atoms with E-state index in [9.17, 15) is 4.39 Å². The van der Waals surface area contributed by atoms with E-state index in [0.717, 1.165) is 55.8 Å². The van der Waals surface area contributed by atoms with Crippen LogP contribution in [0, 0.1) is 12.7 Å². The summed E-state index contributed by atoms with van der Waals surface area (Å²) in [6.07, 6.45) is 1.60. The Morgan fingerprint density at radius 3 is 2.59 bits per heavy atom. The molecule has 2 aliphatic heterocycles. The lowest BCUT2D eigenvalue weighted by atomic mass is 10.1. The number of likely N-dealkylation sites (N-methyl/N-ethyl adjacent to an activating group) is 1. The third kappa shape index (κ3) is 3.88. The molecule has 0 N–H and O–H groups in total. The fourth-order valence-electron chi connectivity index (χ4n) is 3.55. The molecule has 4 rings (SSSR count). The molecular formula is C19H24BrFN4O2. The number of halogens is 2. The molecule has 0 spiro atoms. The van der Waals surface area contributed by atoms with Gasteiger partial charge < -0.3 is 19.3 Å². The van der Waals surface area contributed by atoms with Crippen molar-refractivity contribution in [2.45, 2.75) is 25.9 Å². The molecule has 2 saturated heterocycles. The summed E-state index contributed by atoms with van der Waals surface area (Å²) in [6.45, 7) is 6.80. The molecule has 27 heavy (non-hydrogen) atoms. The fourth-order valence-corrected chi connectivity index (χ4v) is 3.85. The zero-order chi connectivity index (χ0) is 19.0. The second-order valence-electron chi connectivity index (χ2n) is 7.27. The summed E-state index contributed by atoms with van der Waals surface area (Å²) < 4.78 is 26.8. The molecule has 3 heterocycles. The lowest BCUT2D eigenvalue weighted by Crippen LogP contribution is -2.45. The SMILES string of the molecule is Cc1cc2c(N3CCN(C)CC3)nc(OC3CCOCC3)nc2c(F)c1Br. The number of nitrogens with zero attached hydrogens (tertiary/aromatic N) is 4. The monoisotopic (exact) mass is 438 g/mol. The second-order valence-corrected chi connectivity index (χ2v) is 8.06. The van der Waals surface area contributed by atoms with Crippen molar-refractivity contribution in [1.82, 2.24) is 14.9 Å². The molecule has 2 aliphatic rings. The first-order valence-corrected chi connectivity index (χ1v) is 10.2. The smallest absolute Gasteiger partial charge is 0.319 e. The Bertz CT molecular complexity index is 836. The molecule has 146 valence electrons. The second kappa shape index (κ2) is 7.85. The van der Waals surface area contributed by atoms with Gasteiger partial charge in [-0.1, -0.05) is 0 Å². The van der Waals surface area contributed by atoms with E-state index in [1.807, 2.05) is 13.0 Å². The molecule has 0 bridgehead atoms. The van der Waals surface area contributed by atoms with Crippen LogP contribution in [0.1, 0.15) is 18.4 Å². The highest BCUT2D eigenvalue weighted by Gasteiger charge is 2.24. The molecule has 0 aliphatic carbocycles. The highest BCUT2D eigenvalue weighted by molar-refractivity contribution is 9.10. The average Bonchev–Trinajstić information content (AvgIpc) is 2.68. The van der Waals surface area contributed by atoms with Crippen molar-refractivity contribution < 1.29 is 13.9 Å². The standard InChI is InChI=1S/C19H24BrFN4O2/c1-12-11-14-17(16(21)15(12)20)22-19(27-13-3-9-26-10-4-13)23-18(14)25-7-5-24(2)6-8-25/h11,13H,3-10H2,1-2H3. The Morgan fingerprint density at radius 2 is 1.89 bits per heavy atom. The van der Waals surface area contributed by atoms with E-state index in [-0.39, 0.29) is 17.9 Å². The average molecular weight is 439 g/mol. The van der Waals surface area contributed by atoms with Crippen molar-refractivity contribution >= 4 is 32.7 Å². The molecule has 6 nitrogen and oxygen atoms in total. The van der Waals surface area contributed by atoms with E-state index in [0.29, 0.717) is 23.2 Å². The van der Waals surface area contributed by atoms with Gasteiger partial charge in [0.25, 0.3) is 0 Å².